The molecule has 1 aliphatic heterocycles. The summed E-state index contributed by atoms with van der Waals surface area (Å²) >= 11 is 0. The van der Waals surface area contributed by atoms with Gasteiger partial charge in [0, 0.05) is 31.0 Å². The second-order valence-electron chi connectivity index (χ2n) is 7.85. The zero-order valence-electron chi connectivity index (χ0n) is 19.3. The van der Waals surface area contributed by atoms with E-state index in [1.165, 1.54) is 6.92 Å². The van der Waals surface area contributed by atoms with Crippen molar-refractivity contribution in [3.8, 4) is 11.5 Å². The average Bonchev–Trinajstić information content (AvgIpc) is 3.22. The maximum Gasteiger partial charge on any atom is 0.238 e. The van der Waals surface area contributed by atoms with E-state index >= 15 is 0 Å². The zero-order chi connectivity index (χ0) is 24.0. The summed E-state index contributed by atoms with van der Waals surface area (Å²) in [6.45, 7) is 6.07. The minimum Gasteiger partial charge on any atom is -0.454 e. The zero-order valence-corrected chi connectivity index (χ0v) is 19.3. The third-order valence-corrected chi connectivity index (χ3v) is 5.39. The summed E-state index contributed by atoms with van der Waals surface area (Å²) in [7, 11) is 1.56. The molecule has 1 heterocycles. The van der Waals surface area contributed by atoms with Gasteiger partial charge in [0.15, 0.2) is 17.3 Å². The fourth-order valence-electron chi connectivity index (χ4n) is 3.44. The van der Waals surface area contributed by atoms with Crippen molar-refractivity contribution >= 4 is 29.0 Å². The van der Waals surface area contributed by atoms with E-state index in [1.54, 1.807) is 24.1 Å². The van der Waals surface area contributed by atoms with Crippen LogP contribution in [0.2, 0.25) is 0 Å². The molecule has 2 N–H and O–H groups in total. The van der Waals surface area contributed by atoms with Gasteiger partial charge in [0.25, 0.3) is 0 Å². The lowest BCUT2D eigenvalue weighted by Gasteiger charge is -2.22. The minimum atomic E-state index is -0.369. The molecule has 33 heavy (non-hydrogen) atoms. The number of benzene rings is 2. The number of Topliss-reactive ketones (excluding diaryl/α,β-unsaturated/α-hetero) is 1. The topological polar surface area (TPSA) is 106 Å². The molecule has 0 bridgehead atoms. The van der Waals surface area contributed by atoms with Gasteiger partial charge in [0.05, 0.1) is 25.4 Å². The van der Waals surface area contributed by atoms with Gasteiger partial charge in [-0.3, -0.25) is 19.3 Å². The fraction of sp³-hybridized carbons (Fsp3) is 0.375. The molecule has 0 atom stereocenters. The molecule has 0 saturated carbocycles. The van der Waals surface area contributed by atoms with Gasteiger partial charge in [-0.05, 0) is 44.0 Å². The van der Waals surface area contributed by atoms with Gasteiger partial charge in [-0.15, -0.1) is 0 Å². The van der Waals surface area contributed by atoms with Gasteiger partial charge in [-0.25, -0.2) is 0 Å². The maximum atomic E-state index is 12.8. The molecule has 2 aromatic carbocycles. The largest absolute Gasteiger partial charge is 0.454 e. The second kappa shape index (κ2) is 10.9. The number of hydrogen-bond donors (Lipinski definition) is 2. The van der Waals surface area contributed by atoms with E-state index in [0.717, 1.165) is 16.8 Å². The van der Waals surface area contributed by atoms with Crippen LogP contribution in [0.25, 0.3) is 0 Å². The van der Waals surface area contributed by atoms with Gasteiger partial charge in [0.1, 0.15) is 0 Å². The Morgan fingerprint density at radius 1 is 1.00 bits per heavy atom. The van der Waals surface area contributed by atoms with E-state index in [1.807, 2.05) is 32.0 Å². The van der Waals surface area contributed by atoms with Crippen LogP contribution < -0.4 is 20.1 Å². The maximum absolute atomic E-state index is 12.8. The summed E-state index contributed by atoms with van der Waals surface area (Å²) in [5, 5.41) is 5.66. The number of ether oxygens (including phenoxy) is 3. The van der Waals surface area contributed by atoms with Crippen LogP contribution in [-0.2, 0) is 14.3 Å². The minimum absolute atomic E-state index is 0.00483. The normalized spacial score (nSPS) is 12.0. The Bertz CT molecular complexity index is 1050. The second-order valence-corrected chi connectivity index (χ2v) is 7.85. The van der Waals surface area contributed by atoms with Crippen molar-refractivity contribution in [2.24, 2.45) is 0 Å². The van der Waals surface area contributed by atoms with Crippen LogP contribution >= 0.6 is 0 Å². The number of ketones is 1. The third-order valence-electron chi connectivity index (χ3n) is 5.39. The van der Waals surface area contributed by atoms with Gasteiger partial charge < -0.3 is 24.8 Å². The first-order valence-corrected chi connectivity index (χ1v) is 10.6. The summed E-state index contributed by atoms with van der Waals surface area (Å²) in [5.74, 6) is 0.0994. The highest BCUT2D eigenvalue weighted by atomic mass is 16.7. The van der Waals surface area contributed by atoms with Crippen molar-refractivity contribution in [1.29, 1.82) is 0 Å². The Kier molecular flexibility index (Phi) is 8.02. The molecule has 1 aliphatic rings. The average molecular weight is 456 g/mol. The number of rotatable bonds is 10. The lowest BCUT2D eigenvalue weighted by molar-refractivity contribution is -0.120. The van der Waals surface area contributed by atoms with Gasteiger partial charge in [-0.1, -0.05) is 12.1 Å². The molecule has 3 rings (SSSR count). The molecule has 176 valence electrons. The summed E-state index contributed by atoms with van der Waals surface area (Å²) in [4.78, 5) is 39.2. The first-order valence-electron chi connectivity index (χ1n) is 10.6. The molecule has 9 nitrogen and oxygen atoms in total. The number of carbonyl (C=O) groups is 3. The van der Waals surface area contributed by atoms with E-state index in [4.69, 9.17) is 14.2 Å². The van der Waals surface area contributed by atoms with Gasteiger partial charge >= 0.3 is 0 Å². The lowest BCUT2D eigenvalue weighted by Crippen LogP contribution is -2.40. The van der Waals surface area contributed by atoms with Crippen molar-refractivity contribution in [3.05, 3.63) is 47.0 Å². The molecular weight excluding hydrogens is 426 g/mol. The Labute approximate surface area is 193 Å². The van der Waals surface area contributed by atoms with Crippen LogP contribution in [0.4, 0.5) is 11.4 Å². The van der Waals surface area contributed by atoms with E-state index < -0.39 is 0 Å². The van der Waals surface area contributed by atoms with Crippen LogP contribution in [0.5, 0.6) is 11.5 Å². The first kappa shape index (κ1) is 24.2. The standard InChI is InChI=1S/C24H29N3O6/c1-15-6-5-7-19(16(15)2)25-23(29)12-27(8-9-31-4)13-24(30)26-20-11-22-21(32-14-33-22)10-18(20)17(3)28/h5-7,10-11H,8-9,12-14H2,1-4H3,(H,25,29)(H,26,30). The monoisotopic (exact) mass is 455 g/mol. The van der Waals surface area contributed by atoms with Crippen LogP contribution in [0.3, 0.4) is 0 Å². The Morgan fingerprint density at radius 3 is 2.27 bits per heavy atom. The SMILES string of the molecule is COCCN(CC(=O)Nc1cc2c(cc1C(C)=O)OCO2)CC(=O)Nc1cccc(C)c1C. The molecule has 0 unspecified atom stereocenters. The molecule has 0 radical (unpaired) electrons. The molecule has 0 spiro atoms. The summed E-state index contributed by atoms with van der Waals surface area (Å²) in [6.07, 6.45) is 0. The van der Waals surface area contributed by atoms with Gasteiger partial charge in [0.2, 0.25) is 18.6 Å². The summed E-state index contributed by atoms with van der Waals surface area (Å²) in [6, 6.07) is 8.83. The van der Waals surface area contributed by atoms with E-state index in [9.17, 15) is 14.4 Å². The molecule has 2 aromatic rings. The summed E-state index contributed by atoms with van der Waals surface area (Å²) in [5.41, 5.74) is 3.47. The van der Waals surface area contributed by atoms with Crippen molar-refractivity contribution in [1.82, 2.24) is 4.90 Å². The number of hydrogen-bond acceptors (Lipinski definition) is 7. The molecule has 0 fully saturated rings. The van der Waals surface area contributed by atoms with E-state index in [0.29, 0.717) is 35.9 Å². The molecule has 0 aromatic heterocycles. The number of nitrogens with zero attached hydrogens (tertiary/aromatic N) is 1. The number of anilines is 2. The lowest BCUT2D eigenvalue weighted by atomic mass is 10.1. The highest BCUT2D eigenvalue weighted by Gasteiger charge is 2.22. The number of nitrogens with one attached hydrogen (secondary N) is 2. The number of methoxy groups -OCH3 is 1. The number of fused-ring (bicyclic) bond motifs is 1. The number of carbonyl (C=O) groups excluding carboxylic acids is 3. The fourth-order valence-corrected chi connectivity index (χ4v) is 3.44. The van der Waals surface area contributed by atoms with Gasteiger partial charge in [-0.2, -0.15) is 0 Å². The highest BCUT2D eigenvalue weighted by Crippen LogP contribution is 2.37. The van der Waals surface area contributed by atoms with Crippen LogP contribution in [0, 0.1) is 13.8 Å². The summed E-state index contributed by atoms with van der Waals surface area (Å²) < 4.78 is 15.8. The molecule has 0 saturated heterocycles. The molecule has 0 aliphatic carbocycles. The van der Waals surface area contributed by atoms with Crippen LogP contribution in [0.15, 0.2) is 30.3 Å². The Morgan fingerprint density at radius 2 is 1.64 bits per heavy atom. The predicted molar refractivity (Wildman–Crippen MR) is 124 cm³/mol. The highest BCUT2D eigenvalue weighted by molar-refractivity contribution is 6.05. The molecular formula is C24H29N3O6. The third kappa shape index (κ3) is 6.30. The van der Waals surface area contributed by atoms with Crippen molar-refractivity contribution < 1.29 is 28.6 Å². The van der Waals surface area contributed by atoms with E-state index in [2.05, 4.69) is 10.6 Å². The smallest absolute Gasteiger partial charge is 0.238 e. The number of amides is 2. The van der Waals surface area contributed by atoms with Crippen molar-refractivity contribution in [3.63, 3.8) is 0 Å². The van der Waals surface area contributed by atoms with Crippen molar-refractivity contribution in [2.45, 2.75) is 20.8 Å². The Balaban J connectivity index is 1.67. The van der Waals surface area contributed by atoms with Crippen LogP contribution in [0.1, 0.15) is 28.4 Å². The predicted octanol–water partition coefficient (Wildman–Crippen LogP) is 2.76. The number of aryl methyl sites for hydroxylation is 1. The Hall–Kier alpha value is -3.43. The first-order chi connectivity index (χ1) is 15.8. The van der Waals surface area contributed by atoms with E-state index in [-0.39, 0.29) is 37.5 Å². The van der Waals surface area contributed by atoms with Crippen LogP contribution in [-0.4, -0.2) is 62.6 Å². The molecule has 2 amide bonds. The van der Waals surface area contributed by atoms with Crippen molar-refractivity contribution in [2.75, 3.05) is 50.8 Å². The molecule has 9 heteroatoms. The quantitative estimate of drug-likeness (QED) is 0.531.